The minimum Gasteiger partial charge on any atom is -0.393 e. The highest BCUT2D eigenvalue weighted by molar-refractivity contribution is 6.30. The molecule has 0 aliphatic rings. The molecule has 0 saturated carbocycles. The van der Waals surface area contributed by atoms with Gasteiger partial charge < -0.3 is 5.73 Å². The van der Waals surface area contributed by atoms with Crippen LogP contribution in [0.25, 0.3) is 16.9 Å². The second-order valence-corrected chi connectivity index (χ2v) is 5.97. The standard InChI is InChI=1S/C17H13ClN8O/c18-11-7-5-10(6-8-11)17(27)24-23-15-14(19)16(21-9-20-15)26-13-4-2-1-3-12(13)22-25-26/h1-9H,19H2,(H,24,27)(H,20,21,23). The molecule has 134 valence electrons. The third-order valence-electron chi connectivity index (χ3n) is 3.82. The highest BCUT2D eigenvalue weighted by Gasteiger charge is 2.14. The van der Waals surface area contributed by atoms with E-state index >= 15 is 0 Å². The highest BCUT2D eigenvalue weighted by atomic mass is 35.5. The topological polar surface area (TPSA) is 124 Å². The number of anilines is 2. The lowest BCUT2D eigenvalue weighted by Crippen LogP contribution is -2.30. The molecule has 4 aromatic rings. The van der Waals surface area contributed by atoms with Crippen molar-refractivity contribution in [2.75, 3.05) is 11.2 Å². The molecule has 27 heavy (non-hydrogen) atoms. The summed E-state index contributed by atoms with van der Waals surface area (Å²) in [6.45, 7) is 0. The number of carbonyl (C=O) groups excluding carboxylic acids is 1. The van der Waals surface area contributed by atoms with E-state index in [1.165, 1.54) is 11.0 Å². The van der Waals surface area contributed by atoms with Crippen LogP contribution in [0, 0.1) is 0 Å². The van der Waals surface area contributed by atoms with Gasteiger partial charge in [0.25, 0.3) is 5.91 Å². The number of nitrogens with two attached hydrogens (primary N) is 1. The van der Waals surface area contributed by atoms with Crippen molar-refractivity contribution in [1.29, 1.82) is 0 Å². The number of para-hydroxylation sites is 1. The van der Waals surface area contributed by atoms with E-state index in [0.717, 1.165) is 5.52 Å². The van der Waals surface area contributed by atoms with Crippen molar-refractivity contribution >= 4 is 40.0 Å². The van der Waals surface area contributed by atoms with E-state index in [9.17, 15) is 4.79 Å². The zero-order valence-electron chi connectivity index (χ0n) is 13.8. The summed E-state index contributed by atoms with van der Waals surface area (Å²) < 4.78 is 1.51. The predicted octanol–water partition coefficient (Wildman–Crippen LogP) is 2.20. The molecule has 0 aliphatic carbocycles. The highest BCUT2D eigenvalue weighted by Crippen LogP contribution is 2.23. The Bertz CT molecular complexity index is 1130. The largest absolute Gasteiger partial charge is 0.393 e. The molecular weight excluding hydrogens is 368 g/mol. The molecule has 0 aliphatic heterocycles. The third-order valence-corrected chi connectivity index (χ3v) is 4.07. The Morgan fingerprint density at radius 1 is 1.07 bits per heavy atom. The number of nitrogens with one attached hydrogen (secondary N) is 2. The number of amides is 1. The van der Waals surface area contributed by atoms with Gasteiger partial charge in [-0.3, -0.25) is 15.6 Å². The van der Waals surface area contributed by atoms with E-state index in [2.05, 4.69) is 31.1 Å². The number of hydrogen-bond acceptors (Lipinski definition) is 7. The van der Waals surface area contributed by atoms with E-state index in [4.69, 9.17) is 17.3 Å². The van der Waals surface area contributed by atoms with Crippen LogP contribution in [0.5, 0.6) is 0 Å². The number of benzene rings is 2. The van der Waals surface area contributed by atoms with Crippen LogP contribution in [0.3, 0.4) is 0 Å². The number of nitrogen functional groups attached to an aromatic ring is 1. The first-order chi connectivity index (χ1) is 13.1. The average molecular weight is 381 g/mol. The normalized spacial score (nSPS) is 10.7. The molecule has 4 N–H and O–H groups in total. The minimum atomic E-state index is -0.363. The number of nitrogens with zero attached hydrogens (tertiary/aromatic N) is 5. The third kappa shape index (κ3) is 3.23. The number of hydrogen-bond donors (Lipinski definition) is 3. The molecule has 0 saturated heterocycles. The number of rotatable bonds is 4. The van der Waals surface area contributed by atoms with Gasteiger partial charge in [0.15, 0.2) is 11.6 Å². The number of carbonyl (C=O) groups is 1. The molecule has 4 rings (SSSR count). The Balaban J connectivity index is 1.59. The monoisotopic (exact) mass is 380 g/mol. The maximum Gasteiger partial charge on any atom is 0.269 e. The van der Waals surface area contributed by atoms with E-state index in [-0.39, 0.29) is 17.4 Å². The van der Waals surface area contributed by atoms with Crippen molar-refractivity contribution < 1.29 is 4.79 Å². The lowest BCUT2D eigenvalue weighted by molar-refractivity contribution is 0.0962. The molecule has 0 radical (unpaired) electrons. The quantitative estimate of drug-likeness (QED) is 0.463. The average Bonchev–Trinajstić information content (AvgIpc) is 3.11. The van der Waals surface area contributed by atoms with Crippen molar-refractivity contribution in [1.82, 2.24) is 30.4 Å². The number of aromatic nitrogens is 5. The van der Waals surface area contributed by atoms with Gasteiger partial charge in [-0.15, -0.1) is 5.10 Å². The van der Waals surface area contributed by atoms with Crippen molar-refractivity contribution in [3.8, 4) is 5.82 Å². The van der Waals surface area contributed by atoms with Gasteiger partial charge in [0.1, 0.15) is 17.5 Å². The molecule has 0 bridgehead atoms. The summed E-state index contributed by atoms with van der Waals surface area (Å²) in [5.41, 5.74) is 13.5. The van der Waals surface area contributed by atoms with Gasteiger partial charge in [0.05, 0.1) is 5.52 Å². The minimum absolute atomic E-state index is 0.213. The zero-order valence-corrected chi connectivity index (χ0v) is 14.6. The predicted molar refractivity (Wildman–Crippen MR) is 101 cm³/mol. The van der Waals surface area contributed by atoms with Crippen LogP contribution in [-0.4, -0.2) is 30.9 Å². The Morgan fingerprint density at radius 2 is 1.85 bits per heavy atom. The van der Waals surface area contributed by atoms with Crippen molar-refractivity contribution in [3.63, 3.8) is 0 Å². The first kappa shape index (κ1) is 16.7. The van der Waals surface area contributed by atoms with Crippen LogP contribution in [-0.2, 0) is 0 Å². The number of hydrazine groups is 1. The molecule has 0 fully saturated rings. The van der Waals surface area contributed by atoms with Crippen LogP contribution in [0.2, 0.25) is 5.02 Å². The zero-order chi connectivity index (χ0) is 18.8. The summed E-state index contributed by atoms with van der Waals surface area (Å²) in [6, 6.07) is 13.9. The summed E-state index contributed by atoms with van der Waals surface area (Å²) in [7, 11) is 0. The molecule has 2 heterocycles. The summed E-state index contributed by atoms with van der Waals surface area (Å²) in [5, 5.41) is 8.72. The van der Waals surface area contributed by atoms with Crippen molar-refractivity contribution in [3.05, 3.63) is 65.4 Å². The van der Waals surface area contributed by atoms with Gasteiger partial charge in [-0.25, -0.2) is 9.97 Å². The Morgan fingerprint density at radius 3 is 2.67 bits per heavy atom. The molecule has 2 aromatic carbocycles. The number of halogens is 1. The summed E-state index contributed by atoms with van der Waals surface area (Å²) in [6.07, 6.45) is 1.32. The maximum atomic E-state index is 12.2. The fraction of sp³-hybridized carbons (Fsp3) is 0. The van der Waals surface area contributed by atoms with E-state index in [0.29, 0.717) is 21.9 Å². The summed E-state index contributed by atoms with van der Waals surface area (Å²) >= 11 is 5.82. The SMILES string of the molecule is Nc1c(NNC(=O)c2ccc(Cl)cc2)ncnc1-n1nnc2ccccc21. The first-order valence-electron chi connectivity index (χ1n) is 7.86. The lowest BCUT2D eigenvalue weighted by Gasteiger charge is -2.12. The Hall–Kier alpha value is -3.72. The number of fused-ring (bicyclic) bond motifs is 1. The van der Waals surface area contributed by atoms with Crippen molar-refractivity contribution in [2.24, 2.45) is 0 Å². The van der Waals surface area contributed by atoms with Crippen LogP contribution < -0.4 is 16.6 Å². The molecular formula is C17H13ClN8O. The van der Waals surface area contributed by atoms with Crippen LogP contribution in [0.4, 0.5) is 11.5 Å². The van der Waals surface area contributed by atoms with Gasteiger partial charge in [-0.1, -0.05) is 28.9 Å². The van der Waals surface area contributed by atoms with E-state index < -0.39 is 0 Å². The van der Waals surface area contributed by atoms with Crippen LogP contribution >= 0.6 is 11.6 Å². The van der Waals surface area contributed by atoms with Gasteiger partial charge in [-0.05, 0) is 36.4 Å². The molecule has 9 nitrogen and oxygen atoms in total. The van der Waals surface area contributed by atoms with Gasteiger partial charge in [0.2, 0.25) is 0 Å². The Kier molecular flexibility index (Phi) is 4.27. The fourth-order valence-corrected chi connectivity index (χ4v) is 2.60. The second kappa shape index (κ2) is 6.89. The second-order valence-electron chi connectivity index (χ2n) is 5.54. The Labute approximate surface area is 158 Å². The van der Waals surface area contributed by atoms with Crippen LogP contribution in [0.15, 0.2) is 54.9 Å². The first-order valence-corrected chi connectivity index (χ1v) is 8.24. The maximum absolute atomic E-state index is 12.2. The van der Waals surface area contributed by atoms with E-state index in [1.54, 1.807) is 24.3 Å². The van der Waals surface area contributed by atoms with Gasteiger partial charge in [0, 0.05) is 10.6 Å². The van der Waals surface area contributed by atoms with Gasteiger partial charge >= 0.3 is 0 Å². The molecule has 0 atom stereocenters. The van der Waals surface area contributed by atoms with Gasteiger partial charge in [-0.2, -0.15) is 4.68 Å². The molecule has 2 aromatic heterocycles. The van der Waals surface area contributed by atoms with E-state index in [1.807, 2.05) is 24.3 Å². The smallest absolute Gasteiger partial charge is 0.269 e. The summed E-state index contributed by atoms with van der Waals surface area (Å²) in [4.78, 5) is 20.4. The molecule has 10 heteroatoms. The molecule has 1 amide bonds. The van der Waals surface area contributed by atoms with Crippen molar-refractivity contribution in [2.45, 2.75) is 0 Å². The lowest BCUT2D eigenvalue weighted by atomic mass is 10.2. The molecule has 0 unspecified atom stereocenters. The fourth-order valence-electron chi connectivity index (χ4n) is 2.47. The molecule has 0 spiro atoms. The van der Waals surface area contributed by atoms with Crippen LogP contribution in [0.1, 0.15) is 10.4 Å². The summed E-state index contributed by atoms with van der Waals surface area (Å²) in [5.74, 6) is 0.223.